The van der Waals surface area contributed by atoms with Crippen LogP contribution in [0.4, 0.5) is 19.1 Å². The summed E-state index contributed by atoms with van der Waals surface area (Å²) in [5.41, 5.74) is 2.03. The van der Waals surface area contributed by atoms with Crippen LogP contribution < -0.4 is 9.64 Å². The van der Waals surface area contributed by atoms with Crippen LogP contribution in [0.3, 0.4) is 0 Å². The summed E-state index contributed by atoms with van der Waals surface area (Å²) in [7, 11) is 0. The lowest BCUT2D eigenvalue weighted by Gasteiger charge is -2.32. The average Bonchev–Trinajstić information content (AvgIpc) is 3.52. The molecule has 0 radical (unpaired) electrons. The summed E-state index contributed by atoms with van der Waals surface area (Å²) in [5, 5.41) is 10.1. The van der Waals surface area contributed by atoms with Gasteiger partial charge in [-0.15, -0.1) is 0 Å². The number of H-pyrrole nitrogens is 1. The van der Waals surface area contributed by atoms with Gasteiger partial charge in [0.1, 0.15) is 5.65 Å². The molecule has 2 aliphatic rings. The van der Waals surface area contributed by atoms with Crippen molar-refractivity contribution in [2.24, 2.45) is 11.8 Å². The van der Waals surface area contributed by atoms with Crippen molar-refractivity contribution in [1.29, 1.82) is 5.26 Å². The SMILES string of the molecule is N#C[C@@H]1C[C@@H]1COc1nc(C(=O)CCC(F)(F)F)nc(N2CCC(c3c[nH]c4ncccc34)CC2)n1. The van der Waals surface area contributed by atoms with Gasteiger partial charge in [0.15, 0.2) is 0 Å². The molecule has 0 amide bonds. The van der Waals surface area contributed by atoms with E-state index in [9.17, 15) is 18.0 Å². The molecule has 2 fully saturated rings. The summed E-state index contributed by atoms with van der Waals surface area (Å²) in [5.74, 6) is -0.677. The molecular formula is C24H24F3N7O2. The van der Waals surface area contributed by atoms with E-state index in [1.165, 1.54) is 5.56 Å². The number of aromatic nitrogens is 5. The monoisotopic (exact) mass is 499 g/mol. The summed E-state index contributed by atoms with van der Waals surface area (Å²) in [6.45, 7) is 1.39. The second-order valence-corrected chi connectivity index (χ2v) is 9.23. The Hall–Kier alpha value is -3.75. The van der Waals surface area contributed by atoms with Crippen molar-refractivity contribution < 1.29 is 22.7 Å². The lowest BCUT2D eigenvalue weighted by Crippen LogP contribution is -2.34. The van der Waals surface area contributed by atoms with Crippen LogP contribution in [0.5, 0.6) is 6.01 Å². The van der Waals surface area contributed by atoms with Gasteiger partial charge in [0.05, 0.1) is 25.0 Å². The van der Waals surface area contributed by atoms with Crippen LogP contribution in [0.2, 0.25) is 0 Å². The molecule has 188 valence electrons. The molecule has 3 aromatic rings. The van der Waals surface area contributed by atoms with Crippen molar-refractivity contribution in [3.8, 4) is 12.1 Å². The van der Waals surface area contributed by atoms with Crippen molar-refractivity contribution in [1.82, 2.24) is 24.9 Å². The van der Waals surface area contributed by atoms with E-state index in [4.69, 9.17) is 10.00 Å². The van der Waals surface area contributed by atoms with Crippen LogP contribution in [0, 0.1) is 23.2 Å². The fourth-order valence-corrected chi connectivity index (χ4v) is 4.52. The molecule has 1 saturated heterocycles. The number of alkyl halides is 3. The van der Waals surface area contributed by atoms with Crippen LogP contribution in [0.25, 0.3) is 11.0 Å². The number of piperidine rings is 1. The number of Topliss-reactive ketones (excluding diaryl/α,β-unsaturated/α-hetero) is 1. The summed E-state index contributed by atoms with van der Waals surface area (Å²) in [6.07, 6.45) is -0.423. The molecule has 0 bridgehead atoms. The Bertz CT molecular complexity index is 1290. The number of rotatable bonds is 8. The van der Waals surface area contributed by atoms with Gasteiger partial charge in [0.2, 0.25) is 17.6 Å². The molecule has 1 aliphatic carbocycles. The fraction of sp³-hybridized carbons (Fsp3) is 0.500. The second-order valence-electron chi connectivity index (χ2n) is 9.23. The number of nitriles is 1. The summed E-state index contributed by atoms with van der Waals surface area (Å²) >= 11 is 0. The number of ether oxygens (including phenoxy) is 1. The maximum Gasteiger partial charge on any atom is 0.389 e. The predicted octanol–water partition coefficient (Wildman–Crippen LogP) is 4.20. The minimum atomic E-state index is -4.46. The van der Waals surface area contributed by atoms with Crippen molar-refractivity contribution in [2.75, 3.05) is 24.6 Å². The highest BCUT2D eigenvalue weighted by atomic mass is 19.4. The topological polar surface area (TPSA) is 121 Å². The highest BCUT2D eigenvalue weighted by Crippen LogP contribution is 2.38. The van der Waals surface area contributed by atoms with Gasteiger partial charge < -0.3 is 14.6 Å². The Labute approximate surface area is 204 Å². The first-order valence-electron chi connectivity index (χ1n) is 11.9. The molecule has 1 N–H and O–H groups in total. The minimum absolute atomic E-state index is 0.0565. The van der Waals surface area contributed by atoms with E-state index in [0.717, 1.165) is 23.9 Å². The van der Waals surface area contributed by atoms with Crippen molar-refractivity contribution in [3.63, 3.8) is 0 Å². The normalized spacial score (nSPS) is 20.3. The Morgan fingerprint density at radius 2 is 2.06 bits per heavy atom. The lowest BCUT2D eigenvalue weighted by molar-refractivity contribution is -0.133. The number of anilines is 1. The fourth-order valence-electron chi connectivity index (χ4n) is 4.52. The van der Waals surface area contributed by atoms with Gasteiger partial charge >= 0.3 is 12.2 Å². The maximum absolute atomic E-state index is 12.6. The number of carbonyl (C=O) groups excluding carboxylic acids is 1. The van der Waals surface area contributed by atoms with Gasteiger partial charge in [0.25, 0.3) is 0 Å². The van der Waals surface area contributed by atoms with Crippen molar-refractivity contribution >= 4 is 22.8 Å². The van der Waals surface area contributed by atoms with Crippen LogP contribution >= 0.6 is 0 Å². The number of aromatic amines is 1. The zero-order valence-corrected chi connectivity index (χ0v) is 19.3. The third kappa shape index (κ3) is 5.40. The molecule has 5 rings (SSSR count). The van der Waals surface area contributed by atoms with E-state index in [2.05, 4.69) is 31.0 Å². The first-order chi connectivity index (χ1) is 17.3. The smallest absolute Gasteiger partial charge is 0.389 e. The Kier molecular flexibility index (Phi) is 6.47. The highest BCUT2D eigenvalue weighted by Gasteiger charge is 2.38. The molecule has 1 aliphatic heterocycles. The van der Waals surface area contributed by atoms with Crippen LogP contribution in [0.15, 0.2) is 24.5 Å². The lowest BCUT2D eigenvalue weighted by atomic mass is 9.89. The van der Waals surface area contributed by atoms with Crippen LogP contribution in [-0.4, -0.2) is 56.6 Å². The average molecular weight is 499 g/mol. The molecule has 12 heteroatoms. The maximum atomic E-state index is 12.6. The molecule has 1 saturated carbocycles. The third-order valence-corrected chi connectivity index (χ3v) is 6.70. The Balaban J connectivity index is 1.31. The number of carbonyl (C=O) groups is 1. The minimum Gasteiger partial charge on any atom is -0.463 e. The third-order valence-electron chi connectivity index (χ3n) is 6.70. The Morgan fingerprint density at radius 3 is 2.78 bits per heavy atom. The first kappa shape index (κ1) is 24.0. The number of halogens is 3. The summed E-state index contributed by atoms with van der Waals surface area (Å²) < 4.78 is 43.6. The molecule has 4 heterocycles. The molecule has 2 atom stereocenters. The van der Waals surface area contributed by atoms with Gasteiger partial charge in [-0.25, -0.2) is 4.98 Å². The van der Waals surface area contributed by atoms with E-state index in [0.29, 0.717) is 25.4 Å². The highest BCUT2D eigenvalue weighted by molar-refractivity contribution is 5.92. The van der Waals surface area contributed by atoms with Gasteiger partial charge in [-0.1, -0.05) is 0 Å². The van der Waals surface area contributed by atoms with Gasteiger partial charge in [-0.2, -0.15) is 33.4 Å². The summed E-state index contributed by atoms with van der Waals surface area (Å²) in [6, 6.07) is 5.99. The Morgan fingerprint density at radius 1 is 1.25 bits per heavy atom. The van der Waals surface area contributed by atoms with Crippen LogP contribution in [0.1, 0.15) is 54.2 Å². The number of fused-ring (bicyclic) bond motifs is 1. The number of nitrogens with zero attached hydrogens (tertiary/aromatic N) is 6. The zero-order valence-electron chi connectivity index (χ0n) is 19.3. The van der Waals surface area contributed by atoms with E-state index < -0.39 is 24.8 Å². The quantitative estimate of drug-likeness (QED) is 0.458. The standard InChI is InChI=1S/C24H24F3N7O2/c25-24(26,27)6-3-19(35)21-31-22(33-23(32-21)36-13-16-10-15(16)11-28)34-8-4-14(5-9-34)18-12-30-20-17(18)2-1-7-29-20/h1-2,7,12,14-16H,3-6,8-10,13H2,(H,29,30)/t15-,16+/m0/s1. The van der Waals surface area contributed by atoms with Crippen LogP contribution in [-0.2, 0) is 0 Å². The number of hydrogen-bond donors (Lipinski definition) is 1. The number of hydrogen-bond acceptors (Lipinski definition) is 8. The number of ketones is 1. The molecule has 0 unspecified atom stereocenters. The van der Waals surface area contributed by atoms with E-state index in [-0.39, 0.29) is 36.2 Å². The summed E-state index contributed by atoms with van der Waals surface area (Å²) in [4.78, 5) is 34.5. The predicted molar refractivity (Wildman–Crippen MR) is 122 cm³/mol. The second kappa shape index (κ2) is 9.72. The van der Waals surface area contributed by atoms with Gasteiger partial charge in [-0.05, 0) is 42.9 Å². The largest absolute Gasteiger partial charge is 0.463 e. The van der Waals surface area contributed by atoms with E-state index in [1.54, 1.807) is 6.20 Å². The molecular weight excluding hydrogens is 475 g/mol. The van der Waals surface area contributed by atoms with Gasteiger partial charge in [0, 0.05) is 43.2 Å². The zero-order chi connectivity index (χ0) is 25.3. The van der Waals surface area contributed by atoms with Gasteiger partial charge in [-0.3, -0.25) is 4.79 Å². The molecule has 0 spiro atoms. The first-order valence-corrected chi connectivity index (χ1v) is 11.9. The molecule has 36 heavy (non-hydrogen) atoms. The van der Waals surface area contributed by atoms with Crippen molar-refractivity contribution in [2.45, 2.75) is 44.2 Å². The van der Waals surface area contributed by atoms with E-state index >= 15 is 0 Å². The molecule has 9 nitrogen and oxygen atoms in total. The number of nitrogens with one attached hydrogen (secondary N) is 1. The number of pyridine rings is 1. The molecule has 3 aromatic heterocycles. The van der Waals surface area contributed by atoms with E-state index in [1.807, 2.05) is 23.2 Å². The van der Waals surface area contributed by atoms with Crippen molar-refractivity contribution in [3.05, 3.63) is 35.9 Å². The molecule has 0 aromatic carbocycles.